The van der Waals surface area contributed by atoms with Crippen LogP contribution in [0.3, 0.4) is 0 Å². The lowest BCUT2D eigenvalue weighted by atomic mass is 10.2. The molecule has 0 spiro atoms. The molecule has 0 bridgehead atoms. The topological polar surface area (TPSA) is 21.3 Å². The summed E-state index contributed by atoms with van der Waals surface area (Å²) in [6.07, 6.45) is 2.79. The first kappa shape index (κ1) is 11.4. The Morgan fingerprint density at radius 3 is 3.13 bits per heavy atom. The smallest absolute Gasteiger partial charge is 0.0931 e. The van der Waals surface area contributed by atoms with Gasteiger partial charge >= 0.3 is 0 Å². The second kappa shape index (κ2) is 5.30. The highest BCUT2D eigenvalue weighted by atomic mass is 35.5. The van der Waals surface area contributed by atoms with Gasteiger partial charge in [0, 0.05) is 24.1 Å². The summed E-state index contributed by atoms with van der Waals surface area (Å²) in [5.41, 5.74) is 0. The van der Waals surface area contributed by atoms with Crippen molar-refractivity contribution in [2.45, 2.75) is 31.9 Å². The van der Waals surface area contributed by atoms with Gasteiger partial charge in [0.05, 0.1) is 10.4 Å². The standard InChI is InChI=1S/C11H16ClNOS/c1-8(10-4-5-11(12)15-10)13-7-9-3-2-6-14-9/h4-5,8-9,13H,2-3,6-7H2,1H3/t8-,9+/m1/s1. The summed E-state index contributed by atoms with van der Waals surface area (Å²) in [4.78, 5) is 1.29. The van der Waals surface area contributed by atoms with Crippen molar-refractivity contribution < 1.29 is 4.74 Å². The highest BCUT2D eigenvalue weighted by Gasteiger charge is 2.16. The maximum absolute atomic E-state index is 5.90. The number of hydrogen-bond donors (Lipinski definition) is 1. The van der Waals surface area contributed by atoms with Crippen molar-refractivity contribution in [1.29, 1.82) is 0 Å². The van der Waals surface area contributed by atoms with Crippen molar-refractivity contribution in [3.05, 3.63) is 21.3 Å². The fourth-order valence-electron chi connectivity index (χ4n) is 1.78. The van der Waals surface area contributed by atoms with Crippen LogP contribution in [-0.4, -0.2) is 19.3 Å². The van der Waals surface area contributed by atoms with Gasteiger partial charge in [-0.05, 0) is 31.9 Å². The van der Waals surface area contributed by atoms with Gasteiger partial charge in [0.25, 0.3) is 0 Å². The molecule has 0 aromatic carbocycles. The monoisotopic (exact) mass is 245 g/mol. The van der Waals surface area contributed by atoms with E-state index in [4.69, 9.17) is 16.3 Å². The lowest BCUT2D eigenvalue weighted by molar-refractivity contribution is 0.108. The van der Waals surface area contributed by atoms with Crippen molar-refractivity contribution >= 4 is 22.9 Å². The Labute approximate surface area is 99.6 Å². The van der Waals surface area contributed by atoms with Crippen molar-refractivity contribution in [3.63, 3.8) is 0 Å². The number of nitrogens with one attached hydrogen (secondary N) is 1. The molecule has 2 atom stereocenters. The second-order valence-electron chi connectivity index (χ2n) is 3.91. The van der Waals surface area contributed by atoms with Crippen LogP contribution in [0.2, 0.25) is 4.34 Å². The van der Waals surface area contributed by atoms with E-state index < -0.39 is 0 Å². The molecule has 0 unspecified atom stereocenters. The predicted molar refractivity (Wildman–Crippen MR) is 64.7 cm³/mol. The average molecular weight is 246 g/mol. The Bertz CT molecular complexity index is 309. The largest absolute Gasteiger partial charge is 0.377 e. The van der Waals surface area contributed by atoms with Gasteiger partial charge in [0.1, 0.15) is 0 Å². The van der Waals surface area contributed by atoms with Crippen LogP contribution in [0.5, 0.6) is 0 Å². The molecule has 1 aliphatic heterocycles. The lowest BCUT2D eigenvalue weighted by Gasteiger charge is -2.15. The van der Waals surface area contributed by atoms with E-state index in [1.807, 2.05) is 6.07 Å². The van der Waals surface area contributed by atoms with Crippen LogP contribution in [0.25, 0.3) is 0 Å². The minimum atomic E-state index is 0.367. The van der Waals surface area contributed by atoms with E-state index in [2.05, 4.69) is 18.3 Å². The van der Waals surface area contributed by atoms with E-state index in [-0.39, 0.29) is 0 Å². The number of ether oxygens (including phenoxy) is 1. The maximum atomic E-state index is 5.90. The molecule has 0 aliphatic carbocycles. The summed E-state index contributed by atoms with van der Waals surface area (Å²) in [7, 11) is 0. The first-order valence-electron chi connectivity index (χ1n) is 5.36. The summed E-state index contributed by atoms with van der Waals surface area (Å²) >= 11 is 7.54. The minimum absolute atomic E-state index is 0.367. The van der Waals surface area contributed by atoms with Gasteiger partial charge < -0.3 is 10.1 Å². The highest BCUT2D eigenvalue weighted by molar-refractivity contribution is 7.16. The molecule has 2 nitrogen and oxygen atoms in total. The molecule has 1 aromatic heterocycles. The molecule has 1 fully saturated rings. The van der Waals surface area contributed by atoms with Gasteiger partial charge in [-0.1, -0.05) is 11.6 Å². The van der Waals surface area contributed by atoms with Crippen LogP contribution in [0.15, 0.2) is 12.1 Å². The molecule has 4 heteroatoms. The molecule has 1 aliphatic rings. The van der Waals surface area contributed by atoms with E-state index in [0.717, 1.165) is 17.5 Å². The van der Waals surface area contributed by atoms with Crippen LogP contribution in [-0.2, 0) is 4.74 Å². The number of thiophene rings is 1. The third-order valence-electron chi connectivity index (χ3n) is 2.70. The van der Waals surface area contributed by atoms with E-state index in [0.29, 0.717) is 12.1 Å². The van der Waals surface area contributed by atoms with Gasteiger partial charge in [0.15, 0.2) is 0 Å². The predicted octanol–water partition coefficient (Wildman–Crippen LogP) is 3.23. The fraction of sp³-hybridized carbons (Fsp3) is 0.636. The molecule has 1 saturated heterocycles. The van der Waals surface area contributed by atoms with Gasteiger partial charge in [-0.25, -0.2) is 0 Å². The highest BCUT2D eigenvalue weighted by Crippen LogP contribution is 2.26. The zero-order chi connectivity index (χ0) is 10.7. The Morgan fingerprint density at radius 1 is 1.67 bits per heavy atom. The van der Waals surface area contributed by atoms with Gasteiger partial charge in [-0.15, -0.1) is 11.3 Å². The van der Waals surface area contributed by atoms with E-state index in [1.54, 1.807) is 11.3 Å². The summed E-state index contributed by atoms with van der Waals surface area (Å²) < 4.78 is 6.42. The summed E-state index contributed by atoms with van der Waals surface area (Å²) in [6, 6.07) is 4.40. The minimum Gasteiger partial charge on any atom is -0.377 e. The lowest BCUT2D eigenvalue weighted by Crippen LogP contribution is -2.28. The molecule has 0 amide bonds. The zero-order valence-corrected chi connectivity index (χ0v) is 10.4. The molecule has 0 saturated carbocycles. The molecule has 1 N–H and O–H groups in total. The Balaban J connectivity index is 1.79. The molecule has 0 radical (unpaired) electrons. The van der Waals surface area contributed by atoms with Gasteiger partial charge in [0.2, 0.25) is 0 Å². The molecular weight excluding hydrogens is 230 g/mol. The number of halogens is 1. The van der Waals surface area contributed by atoms with Crippen LogP contribution < -0.4 is 5.32 Å². The molecule has 1 aromatic rings. The Hall–Kier alpha value is -0.0900. The van der Waals surface area contributed by atoms with Crippen LogP contribution >= 0.6 is 22.9 Å². The van der Waals surface area contributed by atoms with Gasteiger partial charge in [-0.3, -0.25) is 0 Å². The molecule has 15 heavy (non-hydrogen) atoms. The van der Waals surface area contributed by atoms with E-state index in [9.17, 15) is 0 Å². The van der Waals surface area contributed by atoms with Gasteiger partial charge in [-0.2, -0.15) is 0 Å². The van der Waals surface area contributed by atoms with E-state index >= 15 is 0 Å². The third kappa shape index (κ3) is 3.18. The molecular formula is C11H16ClNOS. The first-order chi connectivity index (χ1) is 7.25. The number of hydrogen-bond acceptors (Lipinski definition) is 3. The third-order valence-corrected chi connectivity index (χ3v) is 4.11. The maximum Gasteiger partial charge on any atom is 0.0931 e. The summed E-state index contributed by atoms with van der Waals surface area (Å²) in [5.74, 6) is 0. The summed E-state index contributed by atoms with van der Waals surface area (Å²) in [6.45, 7) is 4.03. The fourth-order valence-corrected chi connectivity index (χ4v) is 2.86. The summed E-state index contributed by atoms with van der Waals surface area (Å²) in [5, 5.41) is 3.48. The normalized spacial score (nSPS) is 23.2. The quantitative estimate of drug-likeness (QED) is 0.880. The average Bonchev–Trinajstić information content (AvgIpc) is 2.84. The Kier molecular flexibility index (Phi) is 4.03. The van der Waals surface area contributed by atoms with Crippen molar-refractivity contribution in [2.75, 3.05) is 13.2 Å². The zero-order valence-electron chi connectivity index (χ0n) is 8.83. The molecule has 84 valence electrons. The van der Waals surface area contributed by atoms with Crippen LogP contribution in [0.4, 0.5) is 0 Å². The molecule has 2 heterocycles. The van der Waals surface area contributed by atoms with Crippen LogP contribution in [0, 0.1) is 0 Å². The SMILES string of the molecule is C[C@@H](NC[C@@H]1CCCO1)c1ccc(Cl)s1. The van der Waals surface area contributed by atoms with Crippen LogP contribution in [0.1, 0.15) is 30.7 Å². The van der Waals surface area contributed by atoms with Crippen molar-refractivity contribution in [1.82, 2.24) is 5.32 Å². The van der Waals surface area contributed by atoms with Crippen molar-refractivity contribution in [2.24, 2.45) is 0 Å². The number of rotatable bonds is 4. The first-order valence-corrected chi connectivity index (χ1v) is 6.55. The van der Waals surface area contributed by atoms with E-state index in [1.165, 1.54) is 17.7 Å². The Morgan fingerprint density at radius 2 is 2.53 bits per heavy atom. The van der Waals surface area contributed by atoms with Crippen molar-refractivity contribution in [3.8, 4) is 0 Å². The molecule has 2 rings (SSSR count). The second-order valence-corrected chi connectivity index (χ2v) is 5.65.